The van der Waals surface area contributed by atoms with Gasteiger partial charge in [-0.05, 0) is 59.2 Å². The van der Waals surface area contributed by atoms with Crippen LogP contribution in [0.15, 0.2) is 212 Å². The second-order valence-electron chi connectivity index (χ2n) is 16.0. The van der Waals surface area contributed by atoms with Crippen LogP contribution < -0.4 is 0 Å². The molecule has 0 saturated heterocycles. The molecular weight excluding hydrogens is 787 g/mol. The minimum absolute atomic E-state index is 0.570. The van der Waals surface area contributed by atoms with Crippen LogP contribution in [0.4, 0.5) is 0 Å². The van der Waals surface area contributed by atoms with Gasteiger partial charge >= 0.3 is 0 Å². The zero-order valence-electron chi connectivity index (χ0n) is 33.9. The molecule has 0 saturated carbocycles. The van der Waals surface area contributed by atoms with Crippen LogP contribution in [-0.2, 0) is 0 Å². The second kappa shape index (κ2) is 14.2. The minimum atomic E-state index is 0.570. The highest BCUT2D eigenvalue weighted by Gasteiger charge is 2.22. The van der Waals surface area contributed by atoms with Crippen LogP contribution in [0.2, 0.25) is 0 Å². The van der Waals surface area contributed by atoms with Gasteiger partial charge in [0, 0.05) is 64.1 Å². The normalized spacial score (nSPS) is 11.8. The second-order valence-corrected chi connectivity index (χ2v) is 17.0. The van der Waals surface area contributed by atoms with Crippen LogP contribution in [-0.4, -0.2) is 24.1 Å². The highest BCUT2D eigenvalue weighted by Crippen LogP contribution is 2.45. The predicted octanol–water partition coefficient (Wildman–Crippen LogP) is 15.1. The molecule has 4 heterocycles. The SMILES string of the molecule is c1ccc(-c2ccc(-c3nc(-c4ccccc4-c4cc(-n5c6ccccc6c6ccccc65)cc5c4sc4ccccc45)nc(-n4c5ccccc5c5ccccc54)n3)cc2)cc1. The first-order valence-corrected chi connectivity index (χ1v) is 22.0. The summed E-state index contributed by atoms with van der Waals surface area (Å²) < 4.78 is 7.08. The first kappa shape index (κ1) is 35.6. The van der Waals surface area contributed by atoms with Gasteiger partial charge in [-0.3, -0.25) is 4.57 Å². The fraction of sp³-hybridized carbons (Fsp3) is 0. The van der Waals surface area contributed by atoms with Crippen molar-refractivity contribution >= 4 is 75.1 Å². The van der Waals surface area contributed by atoms with Gasteiger partial charge in [-0.15, -0.1) is 11.3 Å². The Morgan fingerprint density at radius 3 is 1.43 bits per heavy atom. The van der Waals surface area contributed by atoms with Crippen LogP contribution in [0.5, 0.6) is 0 Å². The van der Waals surface area contributed by atoms with Crippen LogP contribution in [0.1, 0.15) is 0 Å². The predicted molar refractivity (Wildman–Crippen MR) is 263 cm³/mol. The van der Waals surface area contributed by atoms with Crippen molar-refractivity contribution in [1.29, 1.82) is 0 Å². The number of para-hydroxylation sites is 4. The molecule has 0 unspecified atom stereocenters. The summed E-state index contributed by atoms with van der Waals surface area (Å²) in [5.41, 5.74) is 11.9. The van der Waals surface area contributed by atoms with Crippen LogP contribution in [0, 0.1) is 0 Å². The maximum Gasteiger partial charge on any atom is 0.238 e. The fourth-order valence-electron chi connectivity index (χ4n) is 9.55. The van der Waals surface area contributed by atoms with Gasteiger partial charge in [0.15, 0.2) is 11.6 Å². The molecule has 63 heavy (non-hydrogen) atoms. The molecule has 0 aliphatic carbocycles. The van der Waals surface area contributed by atoms with E-state index in [0.29, 0.717) is 17.6 Å². The molecule has 4 aromatic heterocycles. The van der Waals surface area contributed by atoms with Crippen molar-refractivity contribution in [2.24, 2.45) is 0 Å². The van der Waals surface area contributed by atoms with Gasteiger partial charge in [-0.1, -0.05) is 170 Å². The number of aromatic nitrogens is 5. The van der Waals surface area contributed by atoms with E-state index in [9.17, 15) is 0 Å². The van der Waals surface area contributed by atoms with Crippen molar-refractivity contribution < 1.29 is 0 Å². The zero-order valence-corrected chi connectivity index (χ0v) is 34.7. The summed E-state index contributed by atoms with van der Waals surface area (Å²) in [6.45, 7) is 0. The molecular formula is C57H35N5S. The van der Waals surface area contributed by atoms with Crippen molar-refractivity contribution in [1.82, 2.24) is 24.1 Å². The van der Waals surface area contributed by atoms with Gasteiger partial charge in [0.25, 0.3) is 0 Å². The van der Waals surface area contributed by atoms with Crippen molar-refractivity contribution in [3.8, 4) is 56.7 Å². The van der Waals surface area contributed by atoms with Gasteiger partial charge in [-0.2, -0.15) is 9.97 Å². The summed E-state index contributed by atoms with van der Waals surface area (Å²) in [5.74, 6) is 1.79. The van der Waals surface area contributed by atoms with Gasteiger partial charge in [-0.25, -0.2) is 4.98 Å². The molecule has 6 heteroatoms. The third-order valence-electron chi connectivity index (χ3n) is 12.4. The number of hydrogen-bond donors (Lipinski definition) is 0. The Labute approximate surface area is 366 Å². The fourth-order valence-corrected chi connectivity index (χ4v) is 10.8. The number of thiophene rings is 1. The average Bonchev–Trinajstić information content (AvgIpc) is 4.02. The Morgan fingerprint density at radius 2 is 0.794 bits per heavy atom. The Morgan fingerprint density at radius 1 is 0.317 bits per heavy atom. The van der Waals surface area contributed by atoms with Gasteiger partial charge in [0.2, 0.25) is 5.95 Å². The third kappa shape index (κ3) is 5.66. The van der Waals surface area contributed by atoms with Crippen LogP contribution >= 0.6 is 11.3 Å². The summed E-state index contributed by atoms with van der Waals surface area (Å²) in [6, 6.07) is 75.6. The van der Waals surface area contributed by atoms with E-state index in [4.69, 9.17) is 15.0 Å². The Balaban J connectivity index is 1.08. The summed E-state index contributed by atoms with van der Waals surface area (Å²) in [4.78, 5) is 16.1. The molecule has 294 valence electrons. The Hall–Kier alpha value is -8.19. The maximum absolute atomic E-state index is 5.44. The van der Waals surface area contributed by atoms with E-state index in [-0.39, 0.29) is 0 Å². The van der Waals surface area contributed by atoms with Crippen molar-refractivity contribution in [3.63, 3.8) is 0 Å². The molecule has 0 atom stereocenters. The zero-order chi connectivity index (χ0) is 41.4. The average molecular weight is 822 g/mol. The van der Waals surface area contributed by atoms with E-state index >= 15 is 0 Å². The molecule has 0 N–H and O–H groups in total. The highest BCUT2D eigenvalue weighted by atomic mass is 32.1. The molecule has 0 amide bonds. The molecule has 13 aromatic rings. The first-order chi connectivity index (χ1) is 31.2. The first-order valence-electron chi connectivity index (χ1n) is 21.2. The highest BCUT2D eigenvalue weighted by molar-refractivity contribution is 7.26. The number of benzene rings is 9. The number of nitrogens with zero attached hydrogens (tertiary/aromatic N) is 5. The largest absolute Gasteiger partial charge is 0.309 e. The molecule has 0 aliphatic heterocycles. The van der Waals surface area contributed by atoms with Crippen molar-refractivity contribution in [2.45, 2.75) is 0 Å². The monoisotopic (exact) mass is 821 g/mol. The summed E-state index contributed by atoms with van der Waals surface area (Å²) in [5, 5.41) is 7.24. The number of fused-ring (bicyclic) bond motifs is 9. The van der Waals surface area contributed by atoms with E-state index in [1.807, 2.05) is 17.4 Å². The molecule has 13 rings (SSSR count). The lowest BCUT2D eigenvalue weighted by Crippen LogP contribution is -2.07. The van der Waals surface area contributed by atoms with Gasteiger partial charge < -0.3 is 4.57 Å². The lowest BCUT2D eigenvalue weighted by Gasteiger charge is -2.16. The van der Waals surface area contributed by atoms with Crippen LogP contribution in [0.25, 0.3) is 120 Å². The standard InChI is InChI=1S/C57H35N5S/c1-2-16-36(17-3-1)37-30-32-38(33-31-37)55-58-56(60-57(59-55)62-51-27-13-8-21-43(51)44-22-9-14-28-52(44)62)46-24-5-4-18-40(46)47-34-39(35-48-45-23-10-15-29-53(45)63-54(47)48)61-49-25-11-6-19-41(49)42-20-7-12-26-50(42)61/h1-35H. The van der Waals surface area contributed by atoms with Gasteiger partial charge in [0.1, 0.15) is 0 Å². The van der Waals surface area contributed by atoms with E-state index in [2.05, 4.69) is 215 Å². The van der Waals surface area contributed by atoms with Crippen LogP contribution in [0.3, 0.4) is 0 Å². The Bertz CT molecular complexity index is 3810. The number of rotatable bonds is 6. The Kier molecular flexibility index (Phi) is 8.01. The third-order valence-corrected chi connectivity index (χ3v) is 13.6. The lowest BCUT2D eigenvalue weighted by molar-refractivity contribution is 0.954. The van der Waals surface area contributed by atoms with Crippen molar-refractivity contribution in [3.05, 3.63) is 212 Å². The molecule has 0 aliphatic rings. The quantitative estimate of drug-likeness (QED) is 0.168. The molecule has 5 nitrogen and oxygen atoms in total. The topological polar surface area (TPSA) is 48.5 Å². The summed E-state index contributed by atoms with van der Waals surface area (Å²) in [7, 11) is 0. The van der Waals surface area contributed by atoms with Crippen molar-refractivity contribution in [2.75, 3.05) is 0 Å². The van der Waals surface area contributed by atoms with E-state index in [1.165, 1.54) is 42.0 Å². The molecule has 0 spiro atoms. The number of hydrogen-bond acceptors (Lipinski definition) is 4. The maximum atomic E-state index is 5.44. The lowest BCUT2D eigenvalue weighted by atomic mass is 9.96. The summed E-state index contributed by atoms with van der Waals surface area (Å²) >= 11 is 1.84. The molecule has 0 bridgehead atoms. The molecule has 9 aromatic carbocycles. The molecule has 0 fully saturated rings. The van der Waals surface area contributed by atoms with E-state index in [1.54, 1.807) is 0 Å². The molecule has 0 radical (unpaired) electrons. The smallest absolute Gasteiger partial charge is 0.238 e. The summed E-state index contributed by atoms with van der Waals surface area (Å²) in [6.07, 6.45) is 0. The van der Waals surface area contributed by atoms with E-state index in [0.717, 1.165) is 60.9 Å². The van der Waals surface area contributed by atoms with Gasteiger partial charge in [0.05, 0.1) is 22.1 Å². The van der Waals surface area contributed by atoms with E-state index < -0.39 is 0 Å². The minimum Gasteiger partial charge on any atom is -0.309 e.